The van der Waals surface area contributed by atoms with Crippen molar-refractivity contribution in [3.63, 3.8) is 0 Å². The van der Waals surface area contributed by atoms with Crippen molar-refractivity contribution in [1.29, 1.82) is 0 Å². The fraction of sp³-hybridized carbons (Fsp3) is 0.150. The second-order valence-corrected chi connectivity index (χ2v) is 6.95. The van der Waals surface area contributed by atoms with Crippen molar-refractivity contribution in [3.05, 3.63) is 72.1 Å². The summed E-state index contributed by atoms with van der Waals surface area (Å²) in [6.45, 7) is 1.94. The number of aromatic nitrogens is 2. The van der Waals surface area contributed by atoms with Crippen molar-refractivity contribution in [2.24, 2.45) is 7.05 Å². The van der Waals surface area contributed by atoms with Crippen LogP contribution in [0.2, 0.25) is 0 Å². The summed E-state index contributed by atoms with van der Waals surface area (Å²) in [5.74, 6) is -0.0481. The average molecular weight is 380 g/mol. The van der Waals surface area contributed by atoms with E-state index in [1.54, 1.807) is 30.5 Å². The van der Waals surface area contributed by atoms with Crippen LogP contribution in [-0.4, -0.2) is 27.1 Å². The molecule has 138 valence electrons. The van der Waals surface area contributed by atoms with E-state index in [2.05, 4.69) is 15.6 Å². The third-order valence-electron chi connectivity index (χ3n) is 3.93. The zero-order valence-corrected chi connectivity index (χ0v) is 15.9. The van der Waals surface area contributed by atoms with Gasteiger partial charge in [0.05, 0.1) is 5.75 Å². The summed E-state index contributed by atoms with van der Waals surface area (Å²) in [5, 5.41) is 6.49. The van der Waals surface area contributed by atoms with Crippen LogP contribution in [0.1, 0.15) is 15.9 Å². The fourth-order valence-electron chi connectivity index (χ4n) is 2.43. The van der Waals surface area contributed by atoms with Crippen molar-refractivity contribution >= 4 is 35.0 Å². The number of carbonyl (C=O) groups is 2. The second-order valence-electron chi connectivity index (χ2n) is 6.00. The quantitative estimate of drug-likeness (QED) is 0.639. The minimum Gasteiger partial charge on any atom is -0.329 e. The number of nitrogens with one attached hydrogen (secondary N) is 2. The summed E-state index contributed by atoms with van der Waals surface area (Å²) in [7, 11) is 1.88. The van der Waals surface area contributed by atoms with E-state index < -0.39 is 0 Å². The summed E-state index contributed by atoms with van der Waals surface area (Å²) in [6.07, 6.45) is 3.53. The molecule has 0 saturated heterocycles. The maximum atomic E-state index is 12.4. The van der Waals surface area contributed by atoms with Crippen molar-refractivity contribution in [1.82, 2.24) is 9.55 Å². The molecule has 0 spiro atoms. The molecule has 3 rings (SSSR count). The van der Waals surface area contributed by atoms with Crippen molar-refractivity contribution in [3.8, 4) is 0 Å². The molecule has 0 atom stereocenters. The summed E-state index contributed by atoms with van der Waals surface area (Å²) in [5.41, 5.74) is 2.96. The molecule has 3 aromatic rings. The van der Waals surface area contributed by atoms with E-state index in [1.165, 1.54) is 11.8 Å². The Morgan fingerprint density at radius 1 is 1.07 bits per heavy atom. The molecule has 2 aromatic carbocycles. The van der Waals surface area contributed by atoms with Gasteiger partial charge in [-0.25, -0.2) is 4.98 Å². The van der Waals surface area contributed by atoms with Crippen molar-refractivity contribution in [2.45, 2.75) is 12.1 Å². The lowest BCUT2D eigenvalue weighted by Gasteiger charge is -2.09. The molecular formula is C20H20N4O2S. The first-order valence-electron chi connectivity index (χ1n) is 8.40. The van der Waals surface area contributed by atoms with Crippen LogP contribution in [0.3, 0.4) is 0 Å². The number of aryl methyl sites for hydroxylation is 2. The minimum absolute atomic E-state index is 0.125. The Hall–Kier alpha value is -3.06. The van der Waals surface area contributed by atoms with Gasteiger partial charge in [-0.15, -0.1) is 0 Å². The molecule has 1 heterocycles. The summed E-state index contributed by atoms with van der Waals surface area (Å²) >= 11 is 1.37. The van der Waals surface area contributed by atoms with Gasteiger partial charge in [0.2, 0.25) is 5.91 Å². The van der Waals surface area contributed by atoms with Crippen LogP contribution >= 0.6 is 11.8 Å². The first kappa shape index (κ1) is 18.7. The van der Waals surface area contributed by atoms with E-state index >= 15 is 0 Å². The molecule has 0 radical (unpaired) electrons. The van der Waals surface area contributed by atoms with Crippen LogP contribution in [0, 0.1) is 6.92 Å². The predicted molar refractivity (Wildman–Crippen MR) is 108 cm³/mol. The van der Waals surface area contributed by atoms with Crippen molar-refractivity contribution < 1.29 is 9.59 Å². The van der Waals surface area contributed by atoms with Gasteiger partial charge in [0.1, 0.15) is 0 Å². The molecule has 0 aliphatic rings. The summed E-state index contributed by atoms with van der Waals surface area (Å²) in [6, 6.07) is 14.4. The molecule has 0 bridgehead atoms. The van der Waals surface area contributed by atoms with Gasteiger partial charge in [0.25, 0.3) is 5.91 Å². The Labute approximate surface area is 162 Å². The number of para-hydroxylation sites is 1. The van der Waals surface area contributed by atoms with Gasteiger partial charge in [-0.3, -0.25) is 9.59 Å². The first-order chi connectivity index (χ1) is 13.0. The predicted octanol–water partition coefficient (Wildman–Crippen LogP) is 3.71. The maximum absolute atomic E-state index is 12.4. The molecule has 1 aromatic heterocycles. The van der Waals surface area contributed by atoms with Crippen LogP contribution in [-0.2, 0) is 11.8 Å². The molecule has 0 aliphatic carbocycles. The van der Waals surface area contributed by atoms with Crippen LogP contribution in [0.15, 0.2) is 66.1 Å². The summed E-state index contributed by atoms with van der Waals surface area (Å²) < 4.78 is 1.86. The number of thioether (sulfide) groups is 1. The first-order valence-corrected chi connectivity index (χ1v) is 9.38. The molecular weight excluding hydrogens is 360 g/mol. The number of nitrogens with zero attached hydrogens (tertiary/aromatic N) is 2. The monoisotopic (exact) mass is 380 g/mol. The second kappa shape index (κ2) is 8.55. The van der Waals surface area contributed by atoms with Crippen LogP contribution < -0.4 is 10.6 Å². The lowest BCUT2D eigenvalue weighted by atomic mass is 10.1. The Kier molecular flexibility index (Phi) is 5.93. The smallest absolute Gasteiger partial charge is 0.255 e. The largest absolute Gasteiger partial charge is 0.329 e. The normalized spacial score (nSPS) is 10.4. The maximum Gasteiger partial charge on any atom is 0.255 e. The highest BCUT2D eigenvalue weighted by molar-refractivity contribution is 7.99. The number of carbonyl (C=O) groups excluding carboxylic acids is 2. The van der Waals surface area contributed by atoms with Crippen LogP contribution in [0.5, 0.6) is 0 Å². The van der Waals surface area contributed by atoms with Gasteiger partial charge in [-0.1, -0.05) is 30.0 Å². The highest BCUT2D eigenvalue weighted by Gasteiger charge is 2.09. The zero-order chi connectivity index (χ0) is 19.2. The molecule has 2 N–H and O–H groups in total. The molecule has 0 unspecified atom stereocenters. The van der Waals surface area contributed by atoms with Gasteiger partial charge in [0, 0.05) is 36.4 Å². The molecule has 0 aliphatic heterocycles. The Morgan fingerprint density at radius 2 is 1.81 bits per heavy atom. The van der Waals surface area contributed by atoms with E-state index in [9.17, 15) is 9.59 Å². The molecule has 27 heavy (non-hydrogen) atoms. The van der Waals surface area contributed by atoms with Crippen molar-refractivity contribution in [2.75, 3.05) is 16.4 Å². The molecule has 0 fully saturated rings. The topological polar surface area (TPSA) is 76.0 Å². The molecule has 2 amide bonds. The summed E-state index contributed by atoms with van der Waals surface area (Å²) in [4.78, 5) is 28.6. The van der Waals surface area contributed by atoms with Crippen LogP contribution in [0.4, 0.5) is 11.4 Å². The standard InChI is InChI=1S/C20H20N4O2S/c1-14-5-3-4-6-17(14)23-19(26)15-7-9-16(10-8-15)22-18(25)13-27-20-21-11-12-24(20)2/h3-12H,13H2,1-2H3,(H,22,25)(H,23,26). The third-order valence-corrected chi connectivity index (χ3v) is 4.99. The fourth-order valence-corrected chi connectivity index (χ4v) is 3.16. The number of rotatable bonds is 6. The average Bonchev–Trinajstić information content (AvgIpc) is 3.07. The number of imidazole rings is 1. The van der Waals surface area contributed by atoms with Gasteiger partial charge < -0.3 is 15.2 Å². The lowest BCUT2D eigenvalue weighted by Crippen LogP contribution is -2.15. The van der Waals surface area contributed by atoms with E-state index in [4.69, 9.17) is 0 Å². The Bertz CT molecular complexity index is 951. The minimum atomic E-state index is -0.187. The number of anilines is 2. The van der Waals surface area contributed by atoms with Gasteiger partial charge >= 0.3 is 0 Å². The highest BCUT2D eigenvalue weighted by Crippen LogP contribution is 2.17. The highest BCUT2D eigenvalue weighted by atomic mass is 32.2. The van der Waals surface area contributed by atoms with E-state index in [0.717, 1.165) is 16.4 Å². The molecule has 6 nitrogen and oxygen atoms in total. The number of hydrogen-bond acceptors (Lipinski definition) is 4. The van der Waals surface area contributed by atoms with Crippen LogP contribution in [0.25, 0.3) is 0 Å². The van der Waals surface area contributed by atoms with E-state index in [1.807, 2.05) is 49.0 Å². The van der Waals surface area contributed by atoms with E-state index in [-0.39, 0.29) is 17.6 Å². The SMILES string of the molecule is Cc1ccccc1NC(=O)c1ccc(NC(=O)CSc2nccn2C)cc1. The Morgan fingerprint density at radius 3 is 2.48 bits per heavy atom. The van der Waals surface area contributed by atoms with Gasteiger partial charge in [-0.05, 0) is 42.8 Å². The molecule has 0 saturated carbocycles. The van der Waals surface area contributed by atoms with Gasteiger partial charge in [-0.2, -0.15) is 0 Å². The molecule has 7 heteroatoms. The zero-order valence-electron chi connectivity index (χ0n) is 15.1. The van der Waals surface area contributed by atoms with E-state index in [0.29, 0.717) is 11.3 Å². The number of amides is 2. The lowest BCUT2D eigenvalue weighted by molar-refractivity contribution is -0.113. The third kappa shape index (κ3) is 4.98. The van der Waals surface area contributed by atoms with Gasteiger partial charge in [0.15, 0.2) is 5.16 Å². The number of benzene rings is 2. The Balaban J connectivity index is 1.55. The number of hydrogen-bond donors (Lipinski definition) is 2.